The monoisotopic (exact) mass is 325 g/mol. The van der Waals surface area contributed by atoms with Crippen LogP contribution in [0.4, 0.5) is 8.78 Å². The predicted octanol–water partition coefficient (Wildman–Crippen LogP) is 4.58. The molecule has 0 aliphatic heterocycles. The van der Waals surface area contributed by atoms with Gasteiger partial charge >= 0.3 is 0 Å². The van der Waals surface area contributed by atoms with E-state index in [-0.39, 0.29) is 6.04 Å². The largest absolute Gasteiger partial charge is 0.306 e. The molecule has 1 nitrogen and oxygen atoms in total. The number of hydrogen-bond acceptors (Lipinski definition) is 1. The second-order valence-corrected chi connectivity index (χ2v) is 5.32. The molecule has 0 radical (unpaired) electrons. The maximum absolute atomic E-state index is 13.1. The van der Waals surface area contributed by atoms with Gasteiger partial charge in [0, 0.05) is 17.1 Å². The molecule has 0 aliphatic carbocycles. The number of nitrogens with one attached hydrogen (secondary N) is 1. The van der Waals surface area contributed by atoms with Crippen molar-refractivity contribution in [2.75, 3.05) is 0 Å². The van der Waals surface area contributed by atoms with Crippen LogP contribution in [0.1, 0.15) is 24.1 Å². The van der Waals surface area contributed by atoms with Crippen LogP contribution in [-0.4, -0.2) is 0 Å². The summed E-state index contributed by atoms with van der Waals surface area (Å²) in [6.07, 6.45) is 0. The van der Waals surface area contributed by atoms with Crippen LogP contribution < -0.4 is 5.32 Å². The summed E-state index contributed by atoms with van der Waals surface area (Å²) in [7, 11) is 0. The van der Waals surface area contributed by atoms with Crippen molar-refractivity contribution in [3.8, 4) is 0 Å². The van der Waals surface area contributed by atoms with Gasteiger partial charge in [0.1, 0.15) is 0 Å². The summed E-state index contributed by atoms with van der Waals surface area (Å²) in [5.41, 5.74) is 1.86. The van der Waals surface area contributed by atoms with Crippen molar-refractivity contribution in [1.82, 2.24) is 5.32 Å². The molecule has 0 heterocycles. The van der Waals surface area contributed by atoms with Crippen LogP contribution in [0, 0.1) is 11.6 Å². The van der Waals surface area contributed by atoms with E-state index in [1.807, 2.05) is 31.2 Å². The second-order valence-electron chi connectivity index (χ2n) is 4.41. The summed E-state index contributed by atoms with van der Waals surface area (Å²) in [4.78, 5) is 0. The van der Waals surface area contributed by atoms with Crippen molar-refractivity contribution in [1.29, 1.82) is 0 Å². The van der Waals surface area contributed by atoms with Gasteiger partial charge in [-0.15, -0.1) is 0 Å². The topological polar surface area (TPSA) is 12.0 Å². The quantitative estimate of drug-likeness (QED) is 0.867. The highest BCUT2D eigenvalue weighted by atomic mass is 79.9. The summed E-state index contributed by atoms with van der Waals surface area (Å²) in [5.74, 6) is -1.63. The Morgan fingerprint density at radius 3 is 2.58 bits per heavy atom. The summed E-state index contributed by atoms with van der Waals surface area (Å²) < 4.78 is 27.0. The molecule has 0 aliphatic rings. The van der Waals surface area contributed by atoms with E-state index in [2.05, 4.69) is 21.2 Å². The molecule has 2 aromatic carbocycles. The lowest BCUT2D eigenvalue weighted by molar-refractivity contribution is 0.500. The highest BCUT2D eigenvalue weighted by Crippen LogP contribution is 2.17. The third-order valence-corrected chi connectivity index (χ3v) is 3.44. The third kappa shape index (κ3) is 3.85. The van der Waals surface area contributed by atoms with Gasteiger partial charge in [0.25, 0.3) is 0 Å². The smallest absolute Gasteiger partial charge is 0.159 e. The zero-order valence-electron chi connectivity index (χ0n) is 10.5. The van der Waals surface area contributed by atoms with Crippen molar-refractivity contribution >= 4 is 15.9 Å². The van der Waals surface area contributed by atoms with E-state index in [0.29, 0.717) is 6.54 Å². The Morgan fingerprint density at radius 1 is 1.11 bits per heavy atom. The highest BCUT2D eigenvalue weighted by molar-refractivity contribution is 9.10. The van der Waals surface area contributed by atoms with Crippen LogP contribution in [0.5, 0.6) is 0 Å². The molecule has 0 amide bonds. The van der Waals surface area contributed by atoms with Crippen molar-refractivity contribution < 1.29 is 8.78 Å². The summed E-state index contributed by atoms with van der Waals surface area (Å²) in [5, 5.41) is 3.28. The van der Waals surface area contributed by atoms with Crippen LogP contribution in [0.15, 0.2) is 46.9 Å². The molecule has 0 fully saturated rings. The second kappa shape index (κ2) is 6.26. The van der Waals surface area contributed by atoms with E-state index in [1.54, 1.807) is 6.07 Å². The molecule has 1 unspecified atom stereocenters. The minimum Gasteiger partial charge on any atom is -0.306 e. The van der Waals surface area contributed by atoms with Crippen LogP contribution in [0.3, 0.4) is 0 Å². The molecule has 1 atom stereocenters. The average molecular weight is 326 g/mol. The summed E-state index contributed by atoms with van der Waals surface area (Å²) >= 11 is 3.41. The van der Waals surface area contributed by atoms with Crippen molar-refractivity contribution in [2.24, 2.45) is 0 Å². The van der Waals surface area contributed by atoms with Crippen LogP contribution in [-0.2, 0) is 6.54 Å². The van der Waals surface area contributed by atoms with E-state index in [1.165, 1.54) is 6.07 Å². The minimum absolute atomic E-state index is 0.0471. The molecule has 2 rings (SSSR count). The Kier molecular flexibility index (Phi) is 4.66. The molecule has 4 heteroatoms. The zero-order valence-corrected chi connectivity index (χ0v) is 12.0. The molecule has 0 saturated heterocycles. The first-order chi connectivity index (χ1) is 9.06. The number of benzene rings is 2. The van der Waals surface area contributed by atoms with Crippen LogP contribution in [0.25, 0.3) is 0 Å². The van der Waals surface area contributed by atoms with Gasteiger partial charge in [0.15, 0.2) is 11.6 Å². The van der Waals surface area contributed by atoms with Crippen LogP contribution >= 0.6 is 15.9 Å². The SMILES string of the molecule is CC(NCc1cccc(Br)c1)c1ccc(F)c(F)c1. The summed E-state index contributed by atoms with van der Waals surface area (Å²) in [6, 6.07) is 11.9. The fourth-order valence-corrected chi connectivity index (χ4v) is 2.26. The number of rotatable bonds is 4. The van der Waals surface area contributed by atoms with Crippen LogP contribution in [0.2, 0.25) is 0 Å². The average Bonchev–Trinajstić information content (AvgIpc) is 2.39. The lowest BCUT2D eigenvalue weighted by atomic mass is 10.1. The predicted molar refractivity (Wildman–Crippen MR) is 75.8 cm³/mol. The maximum atomic E-state index is 13.1. The molecular weight excluding hydrogens is 312 g/mol. The van der Waals surface area contributed by atoms with Gasteiger partial charge in [-0.3, -0.25) is 0 Å². The Bertz CT molecular complexity index is 572. The fraction of sp³-hybridized carbons (Fsp3) is 0.200. The Balaban J connectivity index is 2.01. The van der Waals surface area contributed by atoms with E-state index in [4.69, 9.17) is 0 Å². The van der Waals surface area contributed by atoms with Gasteiger partial charge in [0.05, 0.1) is 0 Å². The first kappa shape index (κ1) is 14.2. The molecule has 0 spiro atoms. The molecular formula is C15H14BrF2N. The maximum Gasteiger partial charge on any atom is 0.159 e. The first-order valence-electron chi connectivity index (χ1n) is 5.99. The van der Waals surface area contributed by atoms with Crippen molar-refractivity contribution in [2.45, 2.75) is 19.5 Å². The molecule has 1 N–H and O–H groups in total. The lowest BCUT2D eigenvalue weighted by Gasteiger charge is -2.14. The van der Waals surface area contributed by atoms with Gasteiger partial charge < -0.3 is 5.32 Å². The van der Waals surface area contributed by atoms with Crippen molar-refractivity contribution in [3.05, 3.63) is 69.7 Å². The molecule has 100 valence electrons. The standard InChI is InChI=1S/C15H14BrF2N/c1-10(12-5-6-14(17)15(18)8-12)19-9-11-3-2-4-13(16)7-11/h2-8,10,19H,9H2,1H3. The highest BCUT2D eigenvalue weighted by Gasteiger charge is 2.08. The molecule has 0 saturated carbocycles. The zero-order chi connectivity index (χ0) is 13.8. The number of halogens is 3. The lowest BCUT2D eigenvalue weighted by Crippen LogP contribution is -2.18. The molecule has 0 aromatic heterocycles. The van der Waals surface area contributed by atoms with Gasteiger partial charge in [-0.1, -0.05) is 34.1 Å². The van der Waals surface area contributed by atoms with Gasteiger partial charge in [-0.2, -0.15) is 0 Å². The van der Waals surface area contributed by atoms with Gasteiger partial charge in [-0.05, 0) is 42.3 Å². The van der Waals surface area contributed by atoms with E-state index in [9.17, 15) is 8.78 Å². The van der Waals surface area contributed by atoms with Crippen molar-refractivity contribution in [3.63, 3.8) is 0 Å². The summed E-state index contributed by atoms with van der Waals surface area (Å²) in [6.45, 7) is 2.59. The minimum atomic E-state index is -0.817. The molecule has 0 bridgehead atoms. The van der Waals surface area contributed by atoms with Gasteiger partial charge in [0.2, 0.25) is 0 Å². The van der Waals surface area contributed by atoms with E-state index < -0.39 is 11.6 Å². The first-order valence-corrected chi connectivity index (χ1v) is 6.78. The number of hydrogen-bond donors (Lipinski definition) is 1. The molecule has 2 aromatic rings. The van der Waals surface area contributed by atoms with Gasteiger partial charge in [-0.25, -0.2) is 8.78 Å². The molecule has 19 heavy (non-hydrogen) atoms. The van der Waals surface area contributed by atoms with E-state index in [0.717, 1.165) is 21.7 Å². The Labute approximate surface area is 119 Å². The normalized spacial score (nSPS) is 12.4. The van der Waals surface area contributed by atoms with E-state index >= 15 is 0 Å². The third-order valence-electron chi connectivity index (χ3n) is 2.95. The Hall–Kier alpha value is -1.26. The fourth-order valence-electron chi connectivity index (χ4n) is 1.82. The Morgan fingerprint density at radius 2 is 1.89 bits per heavy atom.